The maximum Gasteiger partial charge on any atom is 0.0581 e. The predicted molar refractivity (Wildman–Crippen MR) is 94.9 cm³/mol. The molecule has 0 aliphatic carbocycles. The molecule has 22 heavy (non-hydrogen) atoms. The molecule has 110 valence electrons. The normalized spacial score (nSPS) is 17.1. The fourth-order valence-corrected chi connectivity index (χ4v) is 4.07. The molecule has 2 aromatic carbocycles. The molecule has 0 spiro atoms. The largest absolute Gasteiger partial charge is 0.309 e. The van der Waals surface area contributed by atoms with Gasteiger partial charge in [-0.25, -0.2) is 0 Å². The highest BCUT2D eigenvalue weighted by Crippen LogP contribution is 2.42. The Kier molecular flexibility index (Phi) is 2.65. The summed E-state index contributed by atoms with van der Waals surface area (Å²) in [5.41, 5.74) is 5.53. The van der Waals surface area contributed by atoms with Crippen molar-refractivity contribution >= 4 is 23.1 Å². The Morgan fingerprint density at radius 3 is 2.32 bits per heavy atom. The SMILES string of the molecule is C/C=c1\c(=C/C)n2c3c(cccc13)C(C)(C)c1ccccc1-2. The second-order valence-corrected chi connectivity index (χ2v) is 6.56. The van der Waals surface area contributed by atoms with Gasteiger partial charge < -0.3 is 4.57 Å². The molecule has 0 atom stereocenters. The molecule has 1 aromatic heterocycles. The molecular formula is C21H21N. The average Bonchev–Trinajstić information content (AvgIpc) is 2.87. The molecule has 1 aliphatic heterocycles. The van der Waals surface area contributed by atoms with Crippen LogP contribution in [0, 0.1) is 0 Å². The van der Waals surface area contributed by atoms with Crippen molar-refractivity contribution in [2.24, 2.45) is 0 Å². The van der Waals surface area contributed by atoms with E-state index in [0.29, 0.717) is 0 Å². The van der Waals surface area contributed by atoms with Gasteiger partial charge in [-0.05, 0) is 31.0 Å². The van der Waals surface area contributed by atoms with E-state index in [4.69, 9.17) is 0 Å². The topological polar surface area (TPSA) is 4.93 Å². The zero-order valence-electron chi connectivity index (χ0n) is 13.6. The molecule has 0 radical (unpaired) electrons. The molecule has 0 N–H and O–H groups in total. The Balaban J connectivity index is 2.40. The van der Waals surface area contributed by atoms with Crippen LogP contribution in [-0.2, 0) is 5.41 Å². The second kappa shape index (κ2) is 4.36. The van der Waals surface area contributed by atoms with Crippen LogP contribution in [0.5, 0.6) is 0 Å². The molecule has 1 nitrogen and oxygen atoms in total. The molecule has 0 saturated heterocycles. The van der Waals surface area contributed by atoms with Crippen LogP contribution in [-0.4, -0.2) is 4.57 Å². The van der Waals surface area contributed by atoms with Crippen molar-refractivity contribution in [1.82, 2.24) is 4.57 Å². The predicted octanol–water partition coefficient (Wildman–Crippen LogP) is 3.87. The highest BCUT2D eigenvalue weighted by atomic mass is 15.0. The fraction of sp³-hybridized carbons (Fsp3) is 0.238. The molecule has 0 fully saturated rings. The van der Waals surface area contributed by atoms with Crippen LogP contribution in [0.2, 0.25) is 0 Å². The van der Waals surface area contributed by atoms with Gasteiger partial charge in [-0.15, -0.1) is 0 Å². The number of nitrogens with zero attached hydrogens (tertiary/aromatic N) is 1. The van der Waals surface area contributed by atoms with Crippen molar-refractivity contribution < 1.29 is 0 Å². The summed E-state index contributed by atoms with van der Waals surface area (Å²) in [6, 6.07) is 15.5. The number of rotatable bonds is 0. The lowest BCUT2D eigenvalue weighted by Gasteiger charge is -2.34. The monoisotopic (exact) mass is 287 g/mol. The van der Waals surface area contributed by atoms with Crippen LogP contribution < -0.4 is 10.6 Å². The van der Waals surface area contributed by atoms with Crippen LogP contribution in [0.25, 0.3) is 28.7 Å². The first-order chi connectivity index (χ1) is 10.6. The first kappa shape index (κ1) is 13.4. The quantitative estimate of drug-likeness (QED) is 0.591. The van der Waals surface area contributed by atoms with E-state index in [1.807, 2.05) is 0 Å². The summed E-state index contributed by atoms with van der Waals surface area (Å²) >= 11 is 0. The third-order valence-electron chi connectivity index (χ3n) is 5.12. The number of fused-ring (bicyclic) bond motifs is 2. The van der Waals surface area contributed by atoms with E-state index in [2.05, 4.69) is 86.9 Å². The van der Waals surface area contributed by atoms with E-state index in [1.165, 1.54) is 38.3 Å². The zero-order valence-corrected chi connectivity index (χ0v) is 13.6. The molecule has 0 amide bonds. The van der Waals surface area contributed by atoms with E-state index in [9.17, 15) is 0 Å². The van der Waals surface area contributed by atoms with Crippen LogP contribution in [0.3, 0.4) is 0 Å². The van der Waals surface area contributed by atoms with Gasteiger partial charge >= 0.3 is 0 Å². The van der Waals surface area contributed by atoms with Gasteiger partial charge in [0.15, 0.2) is 0 Å². The van der Waals surface area contributed by atoms with Crippen molar-refractivity contribution in [3.05, 3.63) is 64.2 Å². The number of para-hydroxylation sites is 2. The van der Waals surface area contributed by atoms with Gasteiger partial charge in [-0.3, -0.25) is 0 Å². The summed E-state index contributed by atoms with van der Waals surface area (Å²) in [7, 11) is 0. The maximum atomic E-state index is 2.45. The van der Waals surface area contributed by atoms with Gasteiger partial charge in [0.05, 0.1) is 11.2 Å². The van der Waals surface area contributed by atoms with E-state index in [-0.39, 0.29) is 5.41 Å². The standard InChI is InChI=1S/C21H21N/c1-5-14-15-10-9-12-17-20(15)22(18(14)6-2)19-13-8-7-11-16(19)21(17,3)4/h5-13H,1-4H3/b14-5-,18-6+. The number of aromatic nitrogens is 1. The van der Waals surface area contributed by atoms with Crippen molar-refractivity contribution in [2.45, 2.75) is 33.1 Å². The summed E-state index contributed by atoms with van der Waals surface area (Å²) in [5, 5.41) is 4.00. The number of benzene rings is 2. The third kappa shape index (κ3) is 1.44. The smallest absolute Gasteiger partial charge is 0.0581 e. The van der Waals surface area contributed by atoms with Crippen molar-refractivity contribution in [3.8, 4) is 5.69 Å². The highest BCUT2D eigenvalue weighted by Gasteiger charge is 2.33. The first-order valence-corrected chi connectivity index (χ1v) is 7.97. The van der Waals surface area contributed by atoms with Crippen molar-refractivity contribution in [3.63, 3.8) is 0 Å². The molecular weight excluding hydrogens is 266 g/mol. The van der Waals surface area contributed by atoms with Crippen LogP contribution in [0.15, 0.2) is 42.5 Å². The van der Waals surface area contributed by atoms with Gasteiger partial charge in [-0.1, -0.05) is 62.4 Å². The Labute approximate surface area is 131 Å². The summed E-state index contributed by atoms with van der Waals surface area (Å²) < 4.78 is 2.45. The van der Waals surface area contributed by atoms with E-state index in [0.717, 1.165) is 0 Å². The summed E-state index contributed by atoms with van der Waals surface area (Å²) in [4.78, 5) is 0. The lowest BCUT2D eigenvalue weighted by atomic mass is 9.75. The maximum absolute atomic E-state index is 2.45. The molecule has 4 rings (SSSR count). The van der Waals surface area contributed by atoms with Gasteiger partial charge in [0.1, 0.15) is 0 Å². The molecule has 1 aliphatic rings. The minimum Gasteiger partial charge on any atom is -0.309 e. The number of hydrogen-bond donors (Lipinski definition) is 0. The van der Waals surface area contributed by atoms with Gasteiger partial charge in [0.25, 0.3) is 0 Å². The minimum absolute atomic E-state index is 0.0283. The third-order valence-corrected chi connectivity index (χ3v) is 5.12. The van der Waals surface area contributed by atoms with E-state index >= 15 is 0 Å². The van der Waals surface area contributed by atoms with Crippen LogP contribution in [0.4, 0.5) is 0 Å². The second-order valence-electron chi connectivity index (χ2n) is 6.56. The molecule has 0 bridgehead atoms. The van der Waals surface area contributed by atoms with E-state index in [1.54, 1.807) is 0 Å². The summed E-state index contributed by atoms with van der Waals surface area (Å²) in [6.45, 7) is 8.93. The highest BCUT2D eigenvalue weighted by molar-refractivity contribution is 5.90. The lowest BCUT2D eigenvalue weighted by Crippen LogP contribution is -2.32. The minimum atomic E-state index is 0.0283. The lowest BCUT2D eigenvalue weighted by molar-refractivity contribution is 0.627. The Morgan fingerprint density at radius 1 is 0.864 bits per heavy atom. The first-order valence-electron chi connectivity index (χ1n) is 7.97. The van der Waals surface area contributed by atoms with E-state index < -0.39 is 0 Å². The van der Waals surface area contributed by atoms with Crippen molar-refractivity contribution in [2.75, 3.05) is 0 Å². The molecule has 3 aromatic rings. The molecule has 0 unspecified atom stereocenters. The fourth-order valence-electron chi connectivity index (χ4n) is 4.07. The summed E-state index contributed by atoms with van der Waals surface area (Å²) in [5.74, 6) is 0. The molecule has 2 heterocycles. The van der Waals surface area contributed by atoms with Crippen LogP contribution >= 0.6 is 0 Å². The van der Waals surface area contributed by atoms with Crippen molar-refractivity contribution in [1.29, 1.82) is 0 Å². The van der Waals surface area contributed by atoms with Gasteiger partial charge in [-0.2, -0.15) is 0 Å². The Hall–Kier alpha value is -2.28. The molecule has 0 saturated carbocycles. The Morgan fingerprint density at radius 2 is 1.59 bits per heavy atom. The van der Waals surface area contributed by atoms with Gasteiger partial charge in [0.2, 0.25) is 0 Å². The molecule has 1 heteroatoms. The summed E-state index contributed by atoms with van der Waals surface area (Å²) in [6.07, 6.45) is 4.47. The van der Waals surface area contributed by atoms with Crippen LogP contribution in [0.1, 0.15) is 38.8 Å². The van der Waals surface area contributed by atoms with Gasteiger partial charge in [0, 0.05) is 21.4 Å². The number of hydrogen-bond acceptors (Lipinski definition) is 0. The zero-order chi connectivity index (χ0) is 15.5. The Bertz CT molecular complexity index is 1020. The average molecular weight is 287 g/mol.